The predicted molar refractivity (Wildman–Crippen MR) is 139 cm³/mol. The Hall–Kier alpha value is -3.92. The third-order valence-corrected chi connectivity index (χ3v) is 7.08. The van der Waals surface area contributed by atoms with Crippen molar-refractivity contribution in [2.45, 2.75) is 45.8 Å². The Balaban J connectivity index is 1.61. The third kappa shape index (κ3) is 3.99. The lowest BCUT2D eigenvalue weighted by atomic mass is 9.95. The van der Waals surface area contributed by atoms with Gasteiger partial charge in [-0.15, -0.1) is 10.2 Å². The van der Waals surface area contributed by atoms with E-state index in [1.165, 1.54) is 17.3 Å². The van der Waals surface area contributed by atoms with Crippen molar-refractivity contribution in [2.24, 2.45) is 0 Å². The lowest BCUT2D eigenvalue weighted by Crippen LogP contribution is -2.38. The Morgan fingerprint density at radius 3 is 2.68 bits per heavy atom. The minimum atomic E-state index is -0.798. The maximum Gasteiger partial charge on any atom is 0.416 e. The van der Waals surface area contributed by atoms with Crippen LogP contribution in [0.2, 0.25) is 5.02 Å². The second-order valence-electron chi connectivity index (χ2n) is 10.4. The summed E-state index contributed by atoms with van der Waals surface area (Å²) in [7, 11) is 0. The van der Waals surface area contributed by atoms with E-state index in [-0.39, 0.29) is 19.1 Å². The van der Waals surface area contributed by atoms with Gasteiger partial charge < -0.3 is 14.2 Å². The van der Waals surface area contributed by atoms with E-state index in [9.17, 15) is 4.79 Å². The topological polar surface area (TPSA) is 91.1 Å². The molecule has 2 aliphatic rings. The Labute approximate surface area is 223 Å². The van der Waals surface area contributed by atoms with Crippen molar-refractivity contribution in [3.63, 3.8) is 0 Å². The van der Waals surface area contributed by atoms with Crippen LogP contribution in [0, 0.1) is 12.7 Å². The Morgan fingerprint density at radius 1 is 1.16 bits per heavy atom. The van der Waals surface area contributed by atoms with Gasteiger partial charge in [-0.2, -0.15) is 0 Å². The second kappa shape index (κ2) is 8.83. The van der Waals surface area contributed by atoms with Gasteiger partial charge in [0.15, 0.2) is 17.2 Å². The van der Waals surface area contributed by atoms with Crippen molar-refractivity contribution < 1.29 is 23.4 Å². The molecule has 5 heterocycles. The van der Waals surface area contributed by atoms with E-state index >= 15 is 4.39 Å². The van der Waals surface area contributed by atoms with Crippen LogP contribution in [0.25, 0.3) is 16.8 Å². The van der Waals surface area contributed by atoms with E-state index in [0.29, 0.717) is 62.5 Å². The molecule has 0 bridgehead atoms. The number of hydrogen-bond acceptors (Lipinski definition) is 7. The monoisotopic (exact) mass is 537 g/mol. The highest BCUT2D eigenvalue weighted by molar-refractivity contribution is 6.34. The number of carbonyl (C=O) groups is 1. The maximum absolute atomic E-state index is 15.3. The fourth-order valence-electron chi connectivity index (χ4n) is 4.92. The number of halogens is 2. The number of benzene rings is 1. The van der Waals surface area contributed by atoms with E-state index in [4.69, 9.17) is 25.8 Å². The van der Waals surface area contributed by atoms with Gasteiger partial charge in [0.05, 0.1) is 36.4 Å². The number of aryl methyl sites for hydroxylation is 1. The van der Waals surface area contributed by atoms with Gasteiger partial charge in [-0.25, -0.2) is 9.18 Å². The summed E-state index contributed by atoms with van der Waals surface area (Å²) in [4.78, 5) is 19.3. The molecule has 1 aromatic carbocycles. The van der Waals surface area contributed by atoms with Crippen LogP contribution < -0.4 is 14.4 Å². The van der Waals surface area contributed by atoms with Crippen molar-refractivity contribution in [1.82, 2.24) is 19.6 Å². The highest BCUT2D eigenvalue weighted by Gasteiger charge is 2.37. The smallest absolute Gasteiger partial charge is 0.416 e. The first-order valence-electron chi connectivity index (χ1n) is 12.2. The number of ether oxygens (including phenoxy) is 3. The van der Waals surface area contributed by atoms with Crippen LogP contribution in [0.3, 0.4) is 0 Å². The molecule has 0 aliphatic carbocycles. The minimum Gasteiger partial charge on any atom is -0.493 e. The Morgan fingerprint density at radius 2 is 1.92 bits per heavy atom. The van der Waals surface area contributed by atoms with Crippen molar-refractivity contribution in [3.8, 4) is 22.6 Å². The van der Waals surface area contributed by atoms with Crippen LogP contribution in [-0.4, -0.2) is 44.5 Å². The van der Waals surface area contributed by atoms with Gasteiger partial charge in [0.25, 0.3) is 0 Å². The molecule has 11 heteroatoms. The van der Waals surface area contributed by atoms with Crippen LogP contribution in [0.5, 0.6) is 11.5 Å². The largest absolute Gasteiger partial charge is 0.493 e. The van der Waals surface area contributed by atoms with E-state index in [1.54, 1.807) is 49.6 Å². The molecule has 196 valence electrons. The molecule has 0 radical (unpaired) electrons. The van der Waals surface area contributed by atoms with Gasteiger partial charge in [-0.1, -0.05) is 11.6 Å². The number of amides is 1. The standard InChI is InChI=1S/C27H25ClFN5O4/c1-14-23(28)16(7-8-30-14)17-9-21-25(34-13-31-32-24(17)34)33(26(35)38-27(2,3)4)10-18-19(29)5-6-20-22(18)15(11-36-20)12-37-21/h5-9,13,15H,10-12H2,1-4H3/t15-/m1/s1. The first-order chi connectivity index (χ1) is 18.1. The van der Waals surface area contributed by atoms with Gasteiger partial charge in [0.2, 0.25) is 0 Å². The summed E-state index contributed by atoms with van der Waals surface area (Å²) in [5, 5.41) is 8.91. The number of nitrogens with zero attached hydrogens (tertiary/aromatic N) is 5. The molecule has 0 saturated carbocycles. The molecule has 3 aromatic heterocycles. The van der Waals surface area contributed by atoms with Crippen LogP contribution in [0.15, 0.2) is 36.8 Å². The zero-order valence-electron chi connectivity index (χ0n) is 21.3. The molecule has 9 nitrogen and oxygen atoms in total. The van der Waals surface area contributed by atoms with Gasteiger partial charge in [0, 0.05) is 28.5 Å². The van der Waals surface area contributed by atoms with Gasteiger partial charge in [-0.3, -0.25) is 14.3 Å². The Bertz CT molecular complexity index is 1600. The normalized spacial score (nSPS) is 16.6. The molecule has 0 N–H and O–H groups in total. The molecule has 38 heavy (non-hydrogen) atoms. The quantitative estimate of drug-likeness (QED) is 0.307. The fraction of sp³-hybridized carbons (Fsp3) is 0.333. The number of pyridine rings is 2. The summed E-state index contributed by atoms with van der Waals surface area (Å²) in [6, 6.07) is 6.53. The molecule has 2 aliphatic heterocycles. The van der Waals surface area contributed by atoms with Crippen LogP contribution in [-0.2, 0) is 11.3 Å². The van der Waals surface area contributed by atoms with Crippen LogP contribution in [0.1, 0.15) is 43.5 Å². The lowest BCUT2D eigenvalue weighted by molar-refractivity contribution is 0.0574. The fourth-order valence-corrected chi connectivity index (χ4v) is 5.14. The zero-order chi connectivity index (χ0) is 26.8. The number of carbonyl (C=O) groups excluding carboxylic acids is 1. The SMILES string of the molecule is Cc1nccc(-c2cc3c(n4cnnc24)N(C(=O)OC(C)(C)C)Cc2c(F)ccc4c2[C@H](CO4)CO3)c1Cl. The molecule has 6 rings (SSSR count). The molecule has 0 saturated heterocycles. The van der Waals surface area contributed by atoms with Crippen molar-refractivity contribution >= 4 is 29.2 Å². The molecule has 0 unspecified atom stereocenters. The average Bonchev–Trinajstić information content (AvgIpc) is 3.50. The number of hydrogen-bond donors (Lipinski definition) is 0. The molecular weight excluding hydrogens is 513 g/mol. The summed E-state index contributed by atoms with van der Waals surface area (Å²) < 4.78 is 35.0. The third-order valence-electron chi connectivity index (χ3n) is 6.60. The minimum absolute atomic E-state index is 0.109. The van der Waals surface area contributed by atoms with E-state index in [1.807, 2.05) is 6.92 Å². The van der Waals surface area contributed by atoms with E-state index in [2.05, 4.69) is 15.2 Å². The summed E-state index contributed by atoms with van der Waals surface area (Å²) >= 11 is 6.64. The maximum atomic E-state index is 15.3. The average molecular weight is 538 g/mol. The van der Waals surface area contributed by atoms with Crippen molar-refractivity contribution in [3.05, 3.63) is 64.5 Å². The summed E-state index contributed by atoms with van der Waals surface area (Å²) in [6.07, 6.45) is 2.48. The molecule has 1 amide bonds. The first-order valence-corrected chi connectivity index (χ1v) is 12.6. The van der Waals surface area contributed by atoms with Crippen LogP contribution >= 0.6 is 11.6 Å². The summed E-state index contributed by atoms with van der Waals surface area (Å²) in [5.74, 6) is 0.605. The molecule has 4 aromatic rings. The van der Waals surface area contributed by atoms with Gasteiger partial charge in [0.1, 0.15) is 23.5 Å². The highest BCUT2D eigenvalue weighted by Crippen LogP contribution is 2.44. The van der Waals surface area contributed by atoms with E-state index < -0.39 is 17.5 Å². The first kappa shape index (κ1) is 24.4. The highest BCUT2D eigenvalue weighted by atomic mass is 35.5. The van der Waals surface area contributed by atoms with Crippen molar-refractivity contribution in [1.29, 1.82) is 0 Å². The summed E-state index contributed by atoms with van der Waals surface area (Å²) in [6.45, 7) is 7.56. The number of fused-ring (bicyclic) bond motifs is 3. The zero-order valence-corrected chi connectivity index (χ0v) is 22.0. The predicted octanol–water partition coefficient (Wildman–Crippen LogP) is 5.70. The Kier molecular flexibility index (Phi) is 5.68. The molecule has 0 fully saturated rings. The lowest BCUT2D eigenvalue weighted by Gasteiger charge is -2.29. The summed E-state index contributed by atoms with van der Waals surface area (Å²) in [5.41, 5.74) is 2.68. The molecular formula is C27H25ClFN5O4. The number of aromatic nitrogens is 4. The van der Waals surface area contributed by atoms with Crippen LogP contribution in [0.4, 0.5) is 15.0 Å². The molecule has 0 spiro atoms. The van der Waals surface area contributed by atoms with Gasteiger partial charge >= 0.3 is 6.09 Å². The second-order valence-corrected chi connectivity index (χ2v) is 10.7. The number of anilines is 1. The molecule has 1 atom stereocenters. The van der Waals surface area contributed by atoms with Gasteiger partial charge in [-0.05, 0) is 52.0 Å². The van der Waals surface area contributed by atoms with Crippen molar-refractivity contribution in [2.75, 3.05) is 18.1 Å². The van der Waals surface area contributed by atoms with E-state index in [0.717, 1.165) is 0 Å². The number of rotatable bonds is 1.